The SMILES string of the molecule is CCCc1ccc(OCC(=O)NNC(=O)CCOc2ccccc2)cc1. The van der Waals surface area contributed by atoms with E-state index in [4.69, 9.17) is 9.47 Å². The van der Waals surface area contributed by atoms with Gasteiger partial charge in [-0.1, -0.05) is 43.7 Å². The molecule has 0 radical (unpaired) electrons. The number of hydrogen-bond acceptors (Lipinski definition) is 4. The van der Waals surface area contributed by atoms with Gasteiger partial charge >= 0.3 is 0 Å². The summed E-state index contributed by atoms with van der Waals surface area (Å²) in [5.74, 6) is 0.545. The number of rotatable bonds is 9. The number of carbonyl (C=O) groups excluding carboxylic acids is 2. The van der Waals surface area contributed by atoms with E-state index in [0.29, 0.717) is 11.5 Å². The average molecular weight is 356 g/mol. The predicted molar refractivity (Wildman–Crippen MR) is 98.8 cm³/mol. The number of ether oxygens (including phenoxy) is 2. The molecule has 0 atom stereocenters. The van der Waals surface area contributed by atoms with E-state index in [1.807, 2.05) is 54.6 Å². The molecule has 2 aromatic carbocycles. The molecule has 0 heterocycles. The highest BCUT2D eigenvalue weighted by molar-refractivity contribution is 5.82. The van der Waals surface area contributed by atoms with Crippen molar-refractivity contribution >= 4 is 11.8 Å². The second-order valence-corrected chi connectivity index (χ2v) is 5.69. The molecule has 2 rings (SSSR count). The van der Waals surface area contributed by atoms with Crippen molar-refractivity contribution in [2.75, 3.05) is 13.2 Å². The van der Waals surface area contributed by atoms with Gasteiger partial charge in [-0.05, 0) is 36.2 Å². The van der Waals surface area contributed by atoms with E-state index < -0.39 is 5.91 Å². The van der Waals surface area contributed by atoms with Crippen molar-refractivity contribution in [3.63, 3.8) is 0 Å². The maximum absolute atomic E-state index is 11.7. The lowest BCUT2D eigenvalue weighted by Gasteiger charge is -2.10. The van der Waals surface area contributed by atoms with Gasteiger partial charge < -0.3 is 9.47 Å². The smallest absolute Gasteiger partial charge is 0.276 e. The summed E-state index contributed by atoms with van der Waals surface area (Å²) in [5.41, 5.74) is 5.88. The number of para-hydroxylation sites is 1. The second-order valence-electron chi connectivity index (χ2n) is 5.69. The fourth-order valence-electron chi connectivity index (χ4n) is 2.21. The van der Waals surface area contributed by atoms with Crippen LogP contribution in [0, 0.1) is 0 Å². The van der Waals surface area contributed by atoms with Crippen LogP contribution < -0.4 is 20.3 Å². The molecule has 0 unspecified atom stereocenters. The van der Waals surface area contributed by atoms with E-state index >= 15 is 0 Å². The summed E-state index contributed by atoms with van der Waals surface area (Å²) in [6, 6.07) is 16.8. The van der Waals surface area contributed by atoms with Crippen LogP contribution in [0.4, 0.5) is 0 Å². The van der Waals surface area contributed by atoms with Crippen molar-refractivity contribution in [1.82, 2.24) is 10.9 Å². The van der Waals surface area contributed by atoms with E-state index in [1.54, 1.807) is 0 Å². The highest BCUT2D eigenvalue weighted by Gasteiger charge is 2.06. The summed E-state index contributed by atoms with van der Waals surface area (Å²) in [5, 5.41) is 0. The molecule has 0 aliphatic rings. The summed E-state index contributed by atoms with van der Waals surface area (Å²) in [6.45, 7) is 2.18. The normalized spacial score (nSPS) is 10.0. The lowest BCUT2D eigenvalue weighted by molar-refractivity contribution is -0.130. The standard InChI is InChI=1S/C20H24N2O4/c1-2-6-16-9-11-18(12-10-16)26-15-20(24)22-21-19(23)13-14-25-17-7-4-3-5-8-17/h3-5,7-12H,2,6,13-15H2,1H3,(H,21,23)(H,22,24). The zero-order chi connectivity index (χ0) is 18.6. The third kappa shape index (κ3) is 7.25. The van der Waals surface area contributed by atoms with Crippen LogP contribution in [0.25, 0.3) is 0 Å². The molecule has 0 fully saturated rings. The van der Waals surface area contributed by atoms with Gasteiger partial charge in [0.1, 0.15) is 11.5 Å². The van der Waals surface area contributed by atoms with Crippen molar-refractivity contribution in [2.24, 2.45) is 0 Å². The molecule has 0 aromatic heterocycles. The Kier molecular flexibility index (Phi) is 7.99. The number of aryl methyl sites for hydroxylation is 1. The van der Waals surface area contributed by atoms with E-state index in [-0.39, 0.29) is 25.5 Å². The van der Waals surface area contributed by atoms with Crippen molar-refractivity contribution in [3.8, 4) is 11.5 Å². The Hall–Kier alpha value is -3.02. The Balaban J connectivity index is 1.59. The van der Waals surface area contributed by atoms with Crippen LogP contribution >= 0.6 is 0 Å². The maximum Gasteiger partial charge on any atom is 0.276 e. The van der Waals surface area contributed by atoms with Crippen LogP contribution in [0.5, 0.6) is 11.5 Å². The Bertz CT molecular complexity index is 687. The largest absolute Gasteiger partial charge is 0.493 e. The van der Waals surface area contributed by atoms with E-state index in [0.717, 1.165) is 12.8 Å². The zero-order valence-electron chi connectivity index (χ0n) is 14.9. The Labute approximate surface area is 153 Å². The molecule has 6 nitrogen and oxygen atoms in total. The maximum atomic E-state index is 11.7. The summed E-state index contributed by atoms with van der Waals surface area (Å²) >= 11 is 0. The van der Waals surface area contributed by atoms with E-state index in [9.17, 15) is 9.59 Å². The lowest BCUT2D eigenvalue weighted by atomic mass is 10.1. The molecular weight excluding hydrogens is 332 g/mol. The Morgan fingerprint density at radius 1 is 0.846 bits per heavy atom. The highest BCUT2D eigenvalue weighted by atomic mass is 16.5. The predicted octanol–water partition coefficient (Wildman–Crippen LogP) is 2.63. The number of amides is 2. The summed E-state index contributed by atoms with van der Waals surface area (Å²) in [7, 11) is 0. The van der Waals surface area contributed by atoms with Crippen LogP contribution in [-0.4, -0.2) is 25.0 Å². The van der Waals surface area contributed by atoms with Crippen LogP contribution in [0.15, 0.2) is 54.6 Å². The number of hydrogen-bond donors (Lipinski definition) is 2. The van der Waals surface area contributed by atoms with Crippen LogP contribution in [0.2, 0.25) is 0 Å². The van der Waals surface area contributed by atoms with Gasteiger partial charge in [-0.15, -0.1) is 0 Å². The van der Waals surface area contributed by atoms with Gasteiger partial charge in [-0.3, -0.25) is 20.4 Å². The quantitative estimate of drug-likeness (QED) is 0.677. The number of benzene rings is 2. The van der Waals surface area contributed by atoms with Crippen molar-refractivity contribution in [2.45, 2.75) is 26.2 Å². The molecule has 26 heavy (non-hydrogen) atoms. The van der Waals surface area contributed by atoms with Gasteiger partial charge in [0.05, 0.1) is 13.0 Å². The molecule has 0 spiro atoms. The molecule has 2 N–H and O–H groups in total. The molecule has 138 valence electrons. The first-order valence-electron chi connectivity index (χ1n) is 8.64. The minimum atomic E-state index is -0.431. The summed E-state index contributed by atoms with van der Waals surface area (Å²) in [4.78, 5) is 23.4. The van der Waals surface area contributed by atoms with Gasteiger partial charge in [0.25, 0.3) is 5.91 Å². The minimum absolute atomic E-state index is 0.134. The fraction of sp³-hybridized carbons (Fsp3) is 0.300. The molecule has 2 amide bonds. The van der Waals surface area contributed by atoms with Gasteiger partial charge in [0, 0.05) is 0 Å². The molecule has 0 aliphatic heterocycles. The van der Waals surface area contributed by atoms with Crippen molar-refractivity contribution in [1.29, 1.82) is 0 Å². The Morgan fingerprint density at radius 3 is 2.19 bits per heavy atom. The molecule has 0 saturated carbocycles. The van der Waals surface area contributed by atoms with Gasteiger partial charge in [-0.2, -0.15) is 0 Å². The summed E-state index contributed by atoms with van der Waals surface area (Å²) in [6.07, 6.45) is 2.23. The molecule has 6 heteroatoms. The highest BCUT2D eigenvalue weighted by Crippen LogP contribution is 2.13. The number of carbonyl (C=O) groups is 2. The first kappa shape index (κ1) is 19.3. The summed E-state index contributed by atoms with van der Waals surface area (Å²) < 4.78 is 10.8. The topological polar surface area (TPSA) is 76.7 Å². The third-order valence-corrected chi connectivity index (χ3v) is 3.51. The number of hydrazine groups is 1. The van der Waals surface area contributed by atoms with Crippen molar-refractivity contribution in [3.05, 3.63) is 60.2 Å². The minimum Gasteiger partial charge on any atom is -0.493 e. The monoisotopic (exact) mass is 356 g/mol. The third-order valence-electron chi connectivity index (χ3n) is 3.51. The molecule has 2 aromatic rings. The van der Waals surface area contributed by atoms with Crippen LogP contribution in [-0.2, 0) is 16.0 Å². The molecule has 0 aliphatic carbocycles. The first-order valence-corrected chi connectivity index (χ1v) is 8.64. The van der Waals surface area contributed by atoms with Crippen LogP contribution in [0.1, 0.15) is 25.3 Å². The van der Waals surface area contributed by atoms with Gasteiger partial charge in [-0.25, -0.2) is 0 Å². The average Bonchev–Trinajstić information content (AvgIpc) is 2.67. The van der Waals surface area contributed by atoms with Crippen molar-refractivity contribution < 1.29 is 19.1 Å². The fourth-order valence-corrected chi connectivity index (χ4v) is 2.21. The number of nitrogens with one attached hydrogen (secondary N) is 2. The second kappa shape index (κ2) is 10.8. The zero-order valence-corrected chi connectivity index (χ0v) is 14.9. The van der Waals surface area contributed by atoms with E-state index in [2.05, 4.69) is 17.8 Å². The molecule has 0 saturated heterocycles. The first-order chi connectivity index (χ1) is 12.7. The Morgan fingerprint density at radius 2 is 1.50 bits per heavy atom. The van der Waals surface area contributed by atoms with E-state index in [1.165, 1.54) is 5.56 Å². The molecular formula is C20H24N2O4. The molecule has 0 bridgehead atoms. The lowest BCUT2D eigenvalue weighted by Crippen LogP contribution is -2.44. The van der Waals surface area contributed by atoms with Crippen LogP contribution in [0.3, 0.4) is 0 Å². The van der Waals surface area contributed by atoms with Gasteiger partial charge in [0.2, 0.25) is 5.91 Å². The van der Waals surface area contributed by atoms with Gasteiger partial charge in [0.15, 0.2) is 6.61 Å².